The van der Waals surface area contributed by atoms with Gasteiger partial charge in [0.05, 0.1) is 12.6 Å². The number of rotatable bonds is 8. The summed E-state index contributed by atoms with van der Waals surface area (Å²) >= 11 is 3.58. The second-order valence-electron chi connectivity index (χ2n) is 7.48. The lowest BCUT2D eigenvalue weighted by atomic mass is 10.2. The van der Waals surface area contributed by atoms with Crippen LogP contribution in [0.25, 0.3) is 0 Å². The molecule has 0 amide bonds. The van der Waals surface area contributed by atoms with E-state index >= 15 is 0 Å². The molecule has 0 radical (unpaired) electrons. The number of thiophene rings is 2. The van der Waals surface area contributed by atoms with E-state index in [4.69, 9.17) is 4.99 Å². The van der Waals surface area contributed by atoms with Gasteiger partial charge in [0.15, 0.2) is 11.8 Å². The van der Waals surface area contributed by atoms with Crippen LogP contribution >= 0.6 is 46.7 Å². The molecule has 31 heavy (non-hydrogen) atoms. The zero-order valence-electron chi connectivity index (χ0n) is 18.0. The third-order valence-corrected chi connectivity index (χ3v) is 7.34. The van der Waals surface area contributed by atoms with Crippen molar-refractivity contribution in [1.29, 1.82) is 0 Å². The van der Waals surface area contributed by atoms with Crippen molar-refractivity contribution in [2.75, 3.05) is 19.6 Å². The van der Waals surface area contributed by atoms with Crippen LogP contribution in [0.15, 0.2) is 40.0 Å². The molecule has 0 aliphatic carbocycles. The Bertz CT molecular complexity index is 931. The van der Waals surface area contributed by atoms with E-state index in [-0.39, 0.29) is 24.0 Å². The molecule has 168 valence electrons. The number of halogens is 1. The van der Waals surface area contributed by atoms with Gasteiger partial charge in [0.25, 0.3) is 0 Å². The molecule has 4 heterocycles. The first-order valence-electron chi connectivity index (χ1n) is 10.4. The van der Waals surface area contributed by atoms with Crippen LogP contribution in [0.3, 0.4) is 0 Å². The second kappa shape index (κ2) is 11.9. The maximum atomic E-state index is 4.81. The molecule has 1 aliphatic rings. The van der Waals surface area contributed by atoms with Crippen LogP contribution in [0.1, 0.15) is 40.3 Å². The van der Waals surface area contributed by atoms with Crippen molar-refractivity contribution >= 4 is 52.6 Å². The molecule has 1 aliphatic heterocycles. The van der Waals surface area contributed by atoms with Crippen LogP contribution < -0.4 is 10.6 Å². The molecule has 0 saturated carbocycles. The van der Waals surface area contributed by atoms with Crippen LogP contribution in [-0.2, 0) is 20.1 Å². The van der Waals surface area contributed by atoms with E-state index in [1.54, 1.807) is 11.3 Å². The number of hydrogen-bond donors (Lipinski definition) is 2. The Morgan fingerprint density at radius 2 is 1.90 bits per heavy atom. The number of hydrogen-bond acceptors (Lipinski definition) is 6. The standard InChI is InChI=1S/C21H29N7S2.HI/c1-16-25-26-20(27(16)2)15-24-21(22-13-17-7-5-11-29-17)23-14-18(19-8-6-12-30-19)28-9-3-4-10-28;/h5-8,11-12,18H,3-4,9-10,13-15H2,1-2H3,(H2,22,23,24);1H. The van der Waals surface area contributed by atoms with Crippen molar-refractivity contribution in [2.24, 2.45) is 12.0 Å². The molecular formula is C21H30IN7S2. The molecule has 0 aromatic carbocycles. The molecule has 1 unspecified atom stereocenters. The van der Waals surface area contributed by atoms with Crippen molar-refractivity contribution < 1.29 is 0 Å². The molecule has 2 N–H and O–H groups in total. The smallest absolute Gasteiger partial charge is 0.192 e. The fourth-order valence-electron chi connectivity index (χ4n) is 3.63. The Morgan fingerprint density at radius 1 is 1.13 bits per heavy atom. The first-order chi connectivity index (χ1) is 14.7. The highest BCUT2D eigenvalue weighted by Crippen LogP contribution is 2.27. The van der Waals surface area contributed by atoms with Crippen molar-refractivity contribution in [1.82, 2.24) is 30.3 Å². The van der Waals surface area contributed by atoms with Gasteiger partial charge >= 0.3 is 0 Å². The highest BCUT2D eigenvalue weighted by Gasteiger charge is 2.24. The minimum atomic E-state index is 0. The number of aryl methyl sites for hydroxylation is 1. The summed E-state index contributed by atoms with van der Waals surface area (Å²) in [5.41, 5.74) is 0. The van der Waals surface area contributed by atoms with E-state index < -0.39 is 0 Å². The Kier molecular flexibility index (Phi) is 9.30. The number of guanidine groups is 1. The van der Waals surface area contributed by atoms with Gasteiger partial charge in [-0.1, -0.05) is 12.1 Å². The first-order valence-corrected chi connectivity index (χ1v) is 12.1. The molecule has 3 aromatic rings. The first kappa shape index (κ1) is 24.1. The van der Waals surface area contributed by atoms with Crippen LogP contribution in [0, 0.1) is 6.92 Å². The topological polar surface area (TPSA) is 70.4 Å². The summed E-state index contributed by atoms with van der Waals surface area (Å²) in [6.45, 7) is 6.36. The summed E-state index contributed by atoms with van der Waals surface area (Å²) in [6, 6.07) is 8.98. The summed E-state index contributed by atoms with van der Waals surface area (Å²) in [5.74, 6) is 2.57. The van der Waals surface area contributed by atoms with Crippen molar-refractivity contribution in [2.45, 2.75) is 38.9 Å². The van der Waals surface area contributed by atoms with E-state index in [2.05, 4.69) is 60.8 Å². The van der Waals surface area contributed by atoms with Crippen LogP contribution in [-0.4, -0.2) is 45.3 Å². The average molecular weight is 572 g/mol. The molecule has 3 aromatic heterocycles. The predicted molar refractivity (Wildman–Crippen MR) is 139 cm³/mol. The zero-order valence-corrected chi connectivity index (χ0v) is 21.9. The molecule has 4 rings (SSSR count). The largest absolute Gasteiger partial charge is 0.354 e. The Hall–Kier alpha value is -1.50. The molecule has 1 fully saturated rings. The van der Waals surface area contributed by atoms with Crippen molar-refractivity contribution in [3.63, 3.8) is 0 Å². The van der Waals surface area contributed by atoms with Gasteiger partial charge < -0.3 is 15.2 Å². The molecule has 1 saturated heterocycles. The normalized spacial score (nSPS) is 15.6. The molecular weight excluding hydrogens is 541 g/mol. The van der Waals surface area contributed by atoms with E-state index in [1.165, 1.54) is 22.6 Å². The van der Waals surface area contributed by atoms with Gasteiger partial charge in [0, 0.05) is 23.3 Å². The molecule has 7 nitrogen and oxygen atoms in total. The molecule has 1 atom stereocenters. The summed E-state index contributed by atoms with van der Waals surface area (Å²) in [5, 5.41) is 19.7. The molecule has 0 bridgehead atoms. The fourth-order valence-corrected chi connectivity index (χ4v) is 5.14. The van der Waals surface area contributed by atoms with Gasteiger partial charge in [-0.25, -0.2) is 4.99 Å². The van der Waals surface area contributed by atoms with Crippen LogP contribution in [0.2, 0.25) is 0 Å². The van der Waals surface area contributed by atoms with E-state index in [0.29, 0.717) is 12.6 Å². The van der Waals surface area contributed by atoms with E-state index in [1.807, 2.05) is 29.9 Å². The van der Waals surface area contributed by atoms with Gasteiger partial charge in [0.2, 0.25) is 0 Å². The van der Waals surface area contributed by atoms with Crippen molar-refractivity contribution in [3.05, 3.63) is 56.4 Å². The molecule has 0 spiro atoms. The Labute approximate surface area is 209 Å². The lowest BCUT2D eigenvalue weighted by Gasteiger charge is -2.27. The monoisotopic (exact) mass is 571 g/mol. The number of aliphatic imine (C=N–C) groups is 1. The van der Waals surface area contributed by atoms with Gasteiger partial charge in [0.1, 0.15) is 12.4 Å². The van der Waals surface area contributed by atoms with Gasteiger partial charge in [-0.05, 0) is 55.7 Å². The number of aromatic nitrogens is 3. The van der Waals surface area contributed by atoms with E-state index in [9.17, 15) is 0 Å². The minimum Gasteiger partial charge on any atom is -0.354 e. The summed E-state index contributed by atoms with van der Waals surface area (Å²) in [4.78, 5) is 10.1. The maximum absolute atomic E-state index is 4.81. The predicted octanol–water partition coefficient (Wildman–Crippen LogP) is 3.94. The van der Waals surface area contributed by atoms with Gasteiger partial charge in [-0.15, -0.1) is 56.8 Å². The number of nitrogens with one attached hydrogen (secondary N) is 2. The minimum absolute atomic E-state index is 0. The quantitative estimate of drug-likeness (QED) is 0.244. The average Bonchev–Trinajstić information content (AvgIpc) is 3.55. The lowest BCUT2D eigenvalue weighted by molar-refractivity contribution is 0.249. The Morgan fingerprint density at radius 3 is 2.55 bits per heavy atom. The third kappa shape index (κ3) is 6.50. The summed E-state index contributed by atoms with van der Waals surface area (Å²) in [7, 11) is 1.98. The van der Waals surface area contributed by atoms with E-state index in [0.717, 1.165) is 43.8 Å². The highest BCUT2D eigenvalue weighted by atomic mass is 127. The fraction of sp³-hybridized carbons (Fsp3) is 0.476. The Balaban J connectivity index is 0.00000272. The van der Waals surface area contributed by atoms with Gasteiger partial charge in [-0.2, -0.15) is 0 Å². The van der Waals surface area contributed by atoms with Crippen LogP contribution in [0.5, 0.6) is 0 Å². The number of likely N-dealkylation sites (tertiary alicyclic amines) is 1. The van der Waals surface area contributed by atoms with Crippen molar-refractivity contribution in [3.8, 4) is 0 Å². The third-order valence-electron chi connectivity index (χ3n) is 5.49. The zero-order chi connectivity index (χ0) is 20.8. The molecule has 10 heteroatoms. The maximum Gasteiger partial charge on any atom is 0.192 e. The van der Waals surface area contributed by atoms with Crippen LogP contribution in [0.4, 0.5) is 0 Å². The number of nitrogens with zero attached hydrogens (tertiary/aromatic N) is 5. The van der Waals surface area contributed by atoms with Gasteiger partial charge in [-0.3, -0.25) is 4.90 Å². The summed E-state index contributed by atoms with van der Waals surface area (Å²) in [6.07, 6.45) is 2.57. The SMILES string of the molecule is Cc1nnc(CN=C(NCc2cccs2)NCC(c2cccs2)N2CCCC2)n1C.I. The second-order valence-corrected chi connectivity index (χ2v) is 9.49. The highest BCUT2D eigenvalue weighted by molar-refractivity contribution is 14.0. The lowest BCUT2D eigenvalue weighted by Crippen LogP contribution is -2.42. The summed E-state index contributed by atoms with van der Waals surface area (Å²) < 4.78 is 1.99.